The molecule has 0 saturated heterocycles. The predicted molar refractivity (Wildman–Crippen MR) is 45.4 cm³/mol. The fraction of sp³-hybridized carbons (Fsp3) is 0.375. The van der Waals surface area contributed by atoms with Crippen molar-refractivity contribution in [2.45, 2.75) is 19.1 Å². The second kappa shape index (κ2) is 4.12. The summed E-state index contributed by atoms with van der Waals surface area (Å²) in [7, 11) is 0. The van der Waals surface area contributed by atoms with E-state index in [1.165, 1.54) is 6.07 Å². The minimum Gasteiger partial charge on any atom is -0.479 e. The Kier molecular flexibility index (Phi) is 3.10. The molecule has 14 heavy (non-hydrogen) atoms. The summed E-state index contributed by atoms with van der Waals surface area (Å²) in [5.41, 5.74) is 0.677. The van der Waals surface area contributed by atoms with Crippen LogP contribution < -0.4 is 0 Å². The zero-order valence-corrected chi connectivity index (χ0v) is 7.45. The summed E-state index contributed by atoms with van der Waals surface area (Å²) in [6.07, 6.45) is -3.44. The molecular formula is C8H10N2O4. The van der Waals surface area contributed by atoms with Gasteiger partial charge in [0.2, 0.25) is 0 Å². The van der Waals surface area contributed by atoms with E-state index in [9.17, 15) is 9.90 Å². The first-order valence-electron chi connectivity index (χ1n) is 3.91. The summed E-state index contributed by atoms with van der Waals surface area (Å²) in [6.45, 7) is 1.71. The van der Waals surface area contributed by atoms with Crippen LogP contribution in [0, 0.1) is 6.92 Å². The van der Waals surface area contributed by atoms with Gasteiger partial charge in [0.15, 0.2) is 6.10 Å². The smallest absolute Gasteiger partial charge is 0.335 e. The van der Waals surface area contributed by atoms with Crippen LogP contribution in [0.2, 0.25) is 0 Å². The molecule has 6 nitrogen and oxygen atoms in total. The number of carboxylic acids is 1. The van der Waals surface area contributed by atoms with E-state index >= 15 is 0 Å². The average Bonchev–Trinajstić information content (AvgIpc) is 2.16. The van der Waals surface area contributed by atoms with Gasteiger partial charge in [0, 0.05) is 0 Å². The van der Waals surface area contributed by atoms with Crippen LogP contribution in [0.1, 0.15) is 17.5 Å². The van der Waals surface area contributed by atoms with Crippen LogP contribution in [0.15, 0.2) is 12.1 Å². The first-order valence-corrected chi connectivity index (χ1v) is 3.91. The summed E-state index contributed by atoms with van der Waals surface area (Å²) in [6, 6.07) is 2.99. The van der Waals surface area contributed by atoms with Crippen molar-refractivity contribution in [3.8, 4) is 0 Å². The molecule has 0 radical (unpaired) electrons. The average molecular weight is 198 g/mol. The van der Waals surface area contributed by atoms with Gasteiger partial charge < -0.3 is 15.3 Å². The standard InChI is InChI=1S/C8H10N2O4/c1-4-2-3-5(10-9-4)6(11)7(12)8(13)14/h2-3,6-7,11-12H,1H3,(H,13,14). The van der Waals surface area contributed by atoms with Crippen molar-refractivity contribution in [1.29, 1.82) is 0 Å². The van der Waals surface area contributed by atoms with Gasteiger partial charge in [0.25, 0.3) is 0 Å². The Morgan fingerprint density at radius 1 is 1.36 bits per heavy atom. The van der Waals surface area contributed by atoms with Gasteiger partial charge in [-0.1, -0.05) is 0 Å². The number of carbonyl (C=O) groups is 1. The number of rotatable bonds is 3. The third-order valence-corrected chi connectivity index (χ3v) is 1.67. The molecule has 2 unspecified atom stereocenters. The molecule has 0 spiro atoms. The maximum Gasteiger partial charge on any atom is 0.335 e. The lowest BCUT2D eigenvalue weighted by Gasteiger charge is -2.12. The van der Waals surface area contributed by atoms with Crippen molar-refractivity contribution in [1.82, 2.24) is 10.2 Å². The molecule has 0 aliphatic carbocycles. The Hall–Kier alpha value is -1.53. The second-order valence-corrected chi connectivity index (χ2v) is 2.83. The van der Waals surface area contributed by atoms with E-state index in [2.05, 4.69) is 10.2 Å². The number of aliphatic hydroxyl groups excluding tert-OH is 2. The molecule has 0 fully saturated rings. The molecule has 0 aromatic carbocycles. The first kappa shape index (κ1) is 10.6. The highest BCUT2D eigenvalue weighted by atomic mass is 16.4. The van der Waals surface area contributed by atoms with Crippen LogP contribution in [0.4, 0.5) is 0 Å². The van der Waals surface area contributed by atoms with Gasteiger partial charge in [-0.15, -0.1) is 0 Å². The van der Waals surface area contributed by atoms with Crippen LogP contribution in [-0.2, 0) is 4.79 Å². The first-order chi connectivity index (χ1) is 6.52. The zero-order chi connectivity index (χ0) is 10.7. The lowest BCUT2D eigenvalue weighted by atomic mass is 10.1. The quantitative estimate of drug-likeness (QED) is 0.591. The SMILES string of the molecule is Cc1ccc(C(O)C(O)C(=O)O)nn1. The highest BCUT2D eigenvalue weighted by Crippen LogP contribution is 2.13. The van der Waals surface area contributed by atoms with E-state index in [1.807, 2.05) is 0 Å². The van der Waals surface area contributed by atoms with Crippen molar-refractivity contribution in [2.24, 2.45) is 0 Å². The number of hydrogen-bond acceptors (Lipinski definition) is 5. The minimum atomic E-state index is -1.88. The van der Waals surface area contributed by atoms with Crippen LogP contribution in [-0.4, -0.2) is 37.6 Å². The summed E-state index contributed by atoms with van der Waals surface area (Å²) in [5, 5.41) is 33.9. The van der Waals surface area contributed by atoms with Crippen molar-refractivity contribution >= 4 is 5.97 Å². The van der Waals surface area contributed by atoms with Gasteiger partial charge in [-0.05, 0) is 19.1 Å². The van der Waals surface area contributed by atoms with E-state index in [0.717, 1.165) is 0 Å². The third-order valence-electron chi connectivity index (χ3n) is 1.67. The summed E-state index contributed by atoms with van der Waals surface area (Å²) in [4.78, 5) is 10.3. The second-order valence-electron chi connectivity index (χ2n) is 2.83. The number of aromatic nitrogens is 2. The maximum atomic E-state index is 10.3. The van der Waals surface area contributed by atoms with Crippen molar-refractivity contribution in [3.63, 3.8) is 0 Å². The van der Waals surface area contributed by atoms with Gasteiger partial charge in [-0.3, -0.25) is 0 Å². The molecule has 0 bridgehead atoms. The predicted octanol–water partition coefficient (Wildman–Crippen LogP) is -0.736. The van der Waals surface area contributed by atoms with Crippen molar-refractivity contribution in [2.75, 3.05) is 0 Å². The number of carboxylic acid groups (broad SMARTS) is 1. The van der Waals surface area contributed by atoms with Crippen LogP contribution >= 0.6 is 0 Å². The lowest BCUT2D eigenvalue weighted by Crippen LogP contribution is -2.28. The number of aryl methyl sites for hydroxylation is 1. The van der Waals surface area contributed by atoms with Crippen LogP contribution in [0.5, 0.6) is 0 Å². The Morgan fingerprint density at radius 3 is 2.43 bits per heavy atom. The molecule has 0 aliphatic rings. The van der Waals surface area contributed by atoms with Crippen LogP contribution in [0.3, 0.4) is 0 Å². The molecule has 2 atom stereocenters. The van der Waals surface area contributed by atoms with Crippen molar-refractivity contribution in [3.05, 3.63) is 23.5 Å². The summed E-state index contributed by atoms with van der Waals surface area (Å²) < 4.78 is 0. The number of nitrogens with zero attached hydrogens (tertiary/aromatic N) is 2. The third kappa shape index (κ3) is 2.24. The largest absolute Gasteiger partial charge is 0.479 e. The highest BCUT2D eigenvalue weighted by molar-refractivity contribution is 5.72. The minimum absolute atomic E-state index is 0.0329. The van der Waals surface area contributed by atoms with E-state index in [1.54, 1.807) is 13.0 Å². The summed E-state index contributed by atoms with van der Waals surface area (Å²) >= 11 is 0. The van der Waals surface area contributed by atoms with E-state index in [-0.39, 0.29) is 5.69 Å². The van der Waals surface area contributed by atoms with E-state index < -0.39 is 18.2 Å². The van der Waals surface area contributed by atoms with Gasteiger partial charge >= 0.3 is 5.97 Å². The number of aliphatic hydroxyl groups is 2. The molecule has 1 aromatic heterocycles. The number of hydrogen-bond donors (Lipinski definition) is 3. The van der Waals surface area contributed by atoms with E-state index in [0.29, 0.717) is 5.69 Å². The van der Waals surface area contributed by atoms with Gasteiger partial charge in [0.1, 0.15) is 6.10 Å². The van der Waals surface area contributed by atoms with Gasteiger partial charge in [0.05, 0.1) is 11.4 Å². The lowest BCUT2D eigenvalue weighted by molar-refractivity contribution is -0.153. The Labute approximate surface area is 79.8 Å². The molecule has 1 aromatic rings. The van der Waals surface area contributed by atoms with Gasteiger partial charge in [-0.2, -0.15) is 10.2 Å². The Morgan fingerprint density at radius 2 is 2.00 bits per heavy atom. The molecule has 3 N–H and O–H groups in total. The maximum absolute atomic E-state index is 10.3. The summed E-state index contributed by atoms with van der Waals surface area (Å²) in [5.74, 6) is -1.50. The fourth-order valence-electron chi connectivity index (χ4n) is 0.864. The molecule has 6 heteroatoms. The normalized spacial score (nSPS) is 14.8. The highest BCUT2D eigenvalue weighted by Gasteiger charge is 2.26. The van der Waals surface area contributed by atoms with Crippen molar-refractivity contribution < 1.29 is 20.1 Å². The molecule has 0 aliphatic heterocycles. The molecule has 0 amide bonds. The molecule has 1 rings (SSSR count). The monoisotopic (exact) mass is 198 g/mol. The zero-order valence-electron chi connectivity index (χ0n) is 7.45. The molecular weight excluding hydrogens is 188 g/mol. The Balaban J connectivity index is 2.84. The number of aliphatic carboxylic acids is 1. The molecule has 1 heterocycles. The van der Waals surface area contributed by atoms with E-state index in [4.69, 9.17) is 10.2 Å². The fourth-order valence-corrected chi connectivity index (χ4v) is 0.864. The van der Waals surface area contributed by atoms with Gasteiger partial charge in [-0.25, -0.2) is 4.79 Å². The van der Waals surface area contributed by atoms with Crippen LogP contribution in [0.25, 0.3) is 0 Å². The molecule has 0 saturated carbocycles. The Bertz CT molecular complexity index is 325. The topological polar surface area (TPSA) is 104 Å². The molecule has 76 valence electrons.